The molecule has 1 aliphatic rings. The third-order valence-corrected chi connectivity index (χ3v) is 3.70. The quantitative estimate of drug-likeness (QED) is 0.682. The van der Waals surface area contributed by atoms with Crippen molar-refractivity contribution in [2.24, 2.45) is 0 Å². The van der Waals surface area contributed by atoms with E-state index in [0.29, 0.717) is 12.5 Å². The van der Waals surface area contributed by atoms with Crippen LogP contribution in [0.25, 0.3) is 0 Å². The third kappa shape index (κ3) is 2.75. The van der Waals surface area contributed by atoms with E-state index in [-0.39, 0.29) is 11.1 Å². The van der Waals surface area contributed by atoms with Crippen molar-refractivity contribution in [1.82, 2.24) is 9.80 Å². The molecular weight excluding hydrogens is 198 g/mol. The average Bonchev–Trinajstić information content (AvgIpc) is 2.10. The Labute approximate surface area is 100 Å². The molecule has 1 fully saturated rings. The molecule has 1 atom stereocenters. The van der Waals surface area contributed by atoms with Crippen molar-refractivity contribution in [2.75, 3.05) is 20.1 Å². The Balaban J connectivity index is 2.90. The molecule has 1 heterocycles. The van der Waals surface area contributed by atoms with Gasteiger partial charge in [0.15, 0.2) is 0 Å². The second-order valence-electron chi connectivity index (χ2n) is 6.51. The Morgan fingerprint density at radius 1 is 1.38 bits per heavy atom. The van der Waals surface area contributed by atoms with Crippen LogP contribution >= 0.6 is 0 Å². The predicted molar refractivity (Wildman–Crippen MR) is 67.2 cm³/mol. The molecule has 0 radical (unpaired) electrons. The minimum atomic E-state index is 0.139. The Morgan fingerprint density at radius 3 is 2.38 bits per heavy atom. The first-order chi connectivity index (χ1) is 7.18. The summed E-state index contributed by atoms with van der Waals surface area (Å²) in [6.07, 6.45) is 0.623. The average molecular weight is 223 g/mol. The van der Waals surface area contributed by atoms with Crippen LogP contribution in [0, 0.1) is 11.3 Å². The molecular formula is C13H25N3. The summed E-state index contributed by atoms with van der Waals surface area (Å²) in [5, 5.41) is 8.92. The zero-order valence-electron chi connectivity index (χ0n) is 11.5. The van der Waals surface area contributed by atoms with Crippen LogP contribution in [0.3, 0.4) is 0 Å². The zero-order chi connectivity index (χ0) is 12.6. The summed E-state index contributed by atoms with van der Waals surface area (Å²) in [6, 6.07) is 2.68. The second kappa shape index (κ2) is 4.35. The van der Waals surface area contributed by atoms with E-state index in [9.17, 15) is 0 Å². The third-order valence-electron chi connectivity index (χ3n) is 3.70. The molecule has 1 saturated heterocycles. The maximum Gasteiger partial charge on any atom is 0.0638 e. The largest absolute Gasteiger partial charge is 0.298 e. The van der Waals surface area contributed by atoms with E-state index >= 15 is 0 Å². The number of rotatable bonds is 1. The molecule has 0 aliphatic carbocycles. The van der Waals surface area contributed by atoms with Gasteiger partial charge in [0.1, 0.15) is 0 Å². The van der Waals surface area contributed by atoms with E-state index < -0.39 is 0 Å². The van der Waals surface area contributed by atoms with Gasteiger partial charge in [0.05, 0.1) is 12.5 Å². The molecule has 0 saturated carbocycles. The molecule has 1 unspecified atom stereocenters. The molecule has 1 rings (SSSR count). The van der Waals surface area contributed by atoms with Crippen LogP contribution in [-0.2, 0) is 0 Å². The van der Waals surface area contributed by atoms with Crippen molar-refractivity contribution in [1.29, 1.82) is 5.26 Å². The standard InChI is InChI=1S/C13H25N3/c1-12(2,3)16-10-13(4,5)15(6)9-11(16)7-8-14/h11H,7,9-10H2,1-6H3. The van der Waals surface area contributed by atoms with Crippen molar-refractivity contribution in [3.63, 3.8) is 0 Å². The molecule has 0 aromatic rings. The van der Waals surface area contributed by atoms with Gasteiger partial charge in [-0.2, -0.15) is 5.26 Å². The van der Waals surface area contributed by atoms with Gasteiger partial charge in [-0.1, -0.05) is 0 Å². The monoisotopic (exact) mass is 223 g/mol. The summed E-state index contributed by atoms with van der Waals surface area (Å²) in [6.45, 7) is 13.3. The lowest BCUT2D eigenvalue weighted by Gasteiger charge is -2.54. The Bertz CT molecular complexity index is 283. The van der Waals surface area contributed by atoms with Crippen molar-refractivity contribution < 1.29 is 0 Å². The summed E-state index contributed by atoms with van der Waals surface area (Å²) in [7, 11) is 2.16. The molecule has 3 heteroatoms. The highest BCUT2D eigenvalue weighted by Crippen LogP contribution is 2.29. The van der Waals surface area contributed by atoms with Crippen molar-refractivity contribution in [3.05, 3.63) is 0 Å². The van der Waals surface area contributed by atoms with Gasteiger partial charge in [0.25, 0.3) is 0 Å². The van der Waals surface area contributed by atoms with Gasteiger partial charge >= 0.3 is 0 Å². The molecule has 0 amide bonds. The summed E-state index contributed by atoms with van der Waals surface area (Å²) in [5.41, 5.74) is 0.333. The number of piperazine rings is 1. The lowest BCUT2D eigenvalue weighted by molar-refractivity contribution is -0.0450. The molecule has 0 bridgehead atoms. The maximum atomic E-state index is 8.92. The number of nitriles is 1. The fourth-order valence-electron chi connectivity index (χ4n) is 2.39. The van der Waals surface area contributed by atoms with Gasteiger partial charge in [-0.3, -0.25) is 9.80 Å². The Hall–Kier alpha value is -0.590. The topological polar surface area (TPSA) is 30.3 Å². The number of nitrogens with zero attached hydrogens (tertiary/aromatic N) is 3. The highest BCUT2D eigenvalue weighted by molar-refractivity contribution is 5.00. The molecule has 0 aromatic carbocycles. The summed E-state index contributed by atoms with van der Waals surface area (Å²) in [5.74, 6) is 0. The fraction of sp³-hybridized carbons (Fsp3) is 0.923. The summed E-state index contributed by atoms with van der Waals surface area (Å²) < 4.78 is 0. The van der Waals surface area contributed by atoms with Gasteiger partial charge in [-0.15, -0.1) is 0 Å². The zero-order valence-corrected chi connectivity index (χ0v) is 11.5. The Kier molecular flexibility index (Phi) is 3.66. The predicted octanol–water partition coefficient (Wildman–Crippen LogP) is 2.09. The number of likely N-dealkylation sites (N-methyl/N-ethyl adjacent to an activating group) is 1. The highest BCUT2D eigenvalue weighted by Gasteiger charge is 2.40. The lowest BCUT2D eigenvalue weighted by Crippen LogP contribution is -2.65. The highest BCUT2D eigenvalue weighted by atomic mass is 15.3. The van der Waals surface area contributed by atoms with E-state index in [1.165, 1.54) is 0 Å². The number of hydrogen-bond donors (Lipinski definition) is 0. The minimum Gasteiger partial charge on any atom is -0.298 e. The van der Waals surface area contributed by atoms with Gasteiger partial charge < -0.3 is 0 Å². The van der Waals surface area contributed by atoms with Gasteiger partial charge in [0.2, 0.25) is 0 Å². The minimum absolute atomic E-state index is 0.139. The SMILES string of the molecule is CN1CC(CC#N)N(C(C)(C)C)CC1(C)C. The van der Waals surface area contributed by atoms with Gasteiger partial charge in [-0.25, -0.2) is 0 Å². The van der Waals surface area contributed by atoms with Crippen molar-refractivity contribution >= 4 is 0 Å². The van der Waals surface area contributed by atoms with Gasteiger partial charge in [0, 0.05) is 30.2 Å². The molecule has 3 nitrogen and oxygen atoms in total. The Morgan fingerprint density at radius 2 is 1.94 bits per heavy atom. The maximum absolute atomic E-state index is 8.92. The molecule has 0 spiro atoms. The molecule has 92 valence electrons. The fourth-order valence-corrected chi connectivity index (χ4v) is 2.39. The van der Waals surface area contributed by atoms with E-state index in [0.717, 1.165) is 13.1 Å². The van der Waals surface area contributed by atoms with Crippen LogP contribution in [0.15, 0.2) is 0 Å². The molecule has 1 aliphatic heterocycles. The first-order valence-corrected chi connectivity index (χ1v) is 6.03. The first-order valence-electron chi connectivity index (χ1n) is 6.03. The first kappa shape index (κ1) is 13.5. The smallest absolute Gasteiger partial charge is 0.0638 e. The molecule has 0 aromatic heterocycles. The summed E-state index contributed by atoms with van der Waals surface area (Å²) in [4.78, 5) is 4.85. The van der Waals surface area contributed by atoms with Crippen LogP contribution < -0.4 is 0 Å². The van der Waals surface area contributed by atoms with E-state index in [1.807, 2.05) is 0 Å². The second-order valence-corrected chi connectivity index (χ2v) is 6.51. The van der Waals surface area contributed by atoms with E-state index in [4.69, 9.17) is 5.26 Å². The number of hydrogen-bond acceptors (Lipinski definition) is 3. The van der Waals surface area contributed by atoms with Crippen LogP contribution in [0.5, 0.6) is 0 Å². The molecule has 16 heavy (non-hydrogen) atoms. The lowest BCUT2D eigenvalue weighted by atomic mass is 9.90. The van der Waals surface area contributed by atoms with E-state index in [1.54, 1.807) is 0 Å². The van der Waals surface area contributed by atoms with Crippen LogP contribution in [-0.4, -0.2) is 47.1 Å². The van der Waals surface area contributed by atoms with E-state index in [2.05, 4.69) is 57.5 Å². The van der Waals surface area contributed by atoms with Crippen molar-refractivity contribution in [3.8, 4) is 6.07 Å². The van der Waals surface area contributed by atoms with Gasteiger partial charge in [-0.05, 0) is 41.7 Å². The van der Waals surface area contributed by atoms with Crippen LogP contribution in [0.2, 0.25) is 0 Å². The summed E-state index contributed by atoms with van der Waals surface area (Å²) >= 11 is 0. The van der Waals surface area contributed by atoms with Crippen LogP contribution in [0.4, 0.5) is 0 Å². The van der Waals surface area contributed by atoms with Crippen LogP contribution in [0.1, 0.15) is 41.0 Å². The molecule has 0 N–H and O–H groups in total. The van der Waals surface area contributed by atoms with Crippen molar-refractivity contribution in [2.45, 2.75) is 58.2 Å². The normalized spacial score (nSPS) is 27.7.